The van der Waals surface area contributed by atoms with E-state index in [1.807, 2.05) is 32.0 Å². The molecular formula is C16H22N2O3. The van der Waals surface area contributed by atoms with Crippen LogP contribution in [0.15, 0.2) is 18.2 Å². The van der Waals surface area contributed by atoms with Gasteiger partial charge in [-0.15, -0.1) is 0 Å². The minimum absolute atomic E-state index is 0.343. The van der Waals surface area contributed by atoms with Gasteiger partial charge < -0.3 is 15.3 Å². The predicted octanol–water partition coefficient (Wildman–Crippen LogP) is 3.16. The molecule has 2 N–H and O–H groups in total. The Hall–Kier alpha value is -2.04. The number of aryl methyl sites for hydroxylation is 2. The molecule has 1 saturated heterocycles. The number of carboxylic acids is 1. The summed E-state index contributed by atoms with van der Waals surface area (Å²) in [6, 6.07) is 5.45. The lowest BCUT2D eigenvalue weighted by molar-refractivity contribution is -0.150. The lowest BCUT2D eigenvalue weighted by Crippen LogP contribution is -2.58. The molecule has 1 atom stereocenters. The van der Waals surface area contributed by atoms with E-state index in [-0.39, 0.29) is 6.03 Å². The van der Waals surface area contributed by atoms with E-state index < -0.39 is 11.5 Å². The molecule has 2 rings (SSSR count). The Balaban J connectivity index is 2.20. The van der Waals surface area contributed by atoms with Crippen molar-refractivity contribution in [3.05, 3.63) is 29.3 Å². The number of aliphatic carboxylic acids is 1. The monoisotopic (exact) mass is 290 g/mol. The summed E-state index contributed by atoms with van der Waals surface area (Å²) in [5, 5.41) is 12.3. The van der Waals surface area contributed by atoms with Crippen molar-refractivity contribution in [2.75, 3.05) is 11.9 Å². The zero-order chi connectivity index (χ0) is 15.6. The van der Waals surface area contributed by atoms with Crippen LogP contribution in [0.3, 0.4) is 0 Å². The van der Waals surface area contributed by atoms with E-state index in [1.165, 1.54) is 4.90 Å². The molecular weight excluding hydrogens is 268 g/mol. The molecule has 114 valence electrons. The van der Waals surface area contributed by atoms with Gasteiger partial charge in [0.15, 0.2) is 0 Å². The first-order valence-electron chi connectivity index (χ1n) is 7.23. The maximum atomic E-state index is 12.5. The first kappa shape index (κ1) is 15.4. The van der Waals surface area contributed by atoms with Crippen LogP contribution in [0.4, 0.5) is 10.5 Å². The number of carbonyl (C=O) groups excluding carboxylic acids is 1. The van der Waals surface area contributed by atoms with E-state index in [1.54, 1.807) is 6.92 Å². The molecule has 0 aromatic heterocycles. The molecule has 1 aliphatic rings. The number of hydrogen-bond acceptors (Lipinski definition) is 2. The number of nitrogens with one attached hydrogen (secondary N) is 1. The number of urea groups is 1. The largest absolute Gasteiger partial charge is 0.480 e. The molecule has 0 saturated carbocycles. The van der Waals surface area contributed by atoms with Gasteiger partial charge in [0.2, 0.25) is 0 Å². The van der Waals surface area contributed by atoms with Gasteiger partial charge in [0.1, 0.15) is 5.54 Å². The molecule has 5 heteroatoms. The molecule has 0 aliphatic carbocycles. The summed E-state index contributed by atoms with van der Waals surface area (Å²) < 4.78 is 0. The average molecular weight is 290 g/mol. The minimum atomic E-state index is -1.12. The van der Waals surface area contributed by atoms with E-state index in [0.717, 1.165) is 24.0 Å². The number of likely N-dealkylation sites (tertiary alicyclic amines) is 1. The standard InChI is InChI=1S/C16H22N2O3/c1-11-8-12(2)10-13(9-11)17-15(21)18-7-5-4-6-16(18,3)14(19)20/h8-10H,4-7H2,1-3H3,(H,17,21)(H,19,20). The zero-order valence-corrected chi connectivity index (χ0v) is 12.8. The van der Waals surface area contributed by atoms with E-state index in [0.29, 0.717) is 18.7 Å². The van der Waals surface area contributed by atoms with Crippen molar-refractivity contribution in [1.82, 2.24) is 4.90 Å². The van der Waals surface area contributed by atoms with Crippen LogP contribution in [0, 0.1) is 13.8 Å². The van der Waals surface area contributed by atoms with Gasteiger partial charge in [-0.1, -0.05) is 6.07 Å². The van der Waals surface area contributed by atoms with Crippen LogP contribution in [0.1, 0.15) is 37.3 Å². The zero-order valence-electron chi connectivity index (χ0n) is 12.8. The fourth-order valence-corrected chi connectivity index (χ4v) is 2.91. The summed E-state index contributed by atoms with van der Waals surface area (Å²) in [7, 11) is 0. The Morgan fingerprint density at radius 3 is 2.38 bits per heavy atom. The van der Waals surface area contributed by atoms with E-state index in [9.17, 15) is 14.7 Å². The molecule has 0 radical (unpaired) electrons. The second-order valence-electron chi connectivity index (χ2n) is 5.99. The van der Waals surface area contributed by atoms with Gasteiger partial charge in [-0.25, -0.2) is 9.59 Å². The van der Waals surface area contributed by atoms with Crippen molar-refractivity contribution >= 4 is 17.7 Å². The second-order valence-corrected chi connectivity index (χ2v) is 5.99. The van der Waals surface area contributed by atoms with Crippen molar-refractivity contribution in [3.8, 4) is 0 Å². The first-order valence-corrected chi connectivity index (χ1v) is 7.23. The summed E-state index contributed by atoms with van der Waals surface area (Å²) in [5.41, 5.74) is 1.70. The summed E-state index contributed by atoms with van der Waals surface area (Å²) in [5.74, 6) is -0.947. The Morgan fingerprint density at radius 1 is 1.19 bits per heavy atom. The summed E-state index contributed by atoms with van der Waals surface area (Å²) >= 11 is 0. The predicted molar refractivity (Wildman–Crippen MR) is 81.5 cm³/mol. The summed E-state index contributed by atoms with van der Waals surface area (Å²) in [6.07, 6.45) is 2.15. The molecule has 1 aromatic rings. The highest BCUT2D eigenvalue weighted by molar-refractivity contribution is 5.94. The van der Waals surface area contributed by atoms with Gasteiger partial charge in [0, 0.05) is 12.2 Å². The van der Waals surface area contributed by atoms with Crippen molar-refractivity contribution in [2.45, 2.75) is 45.6 Å². The maximum absolute atomic E-state index is 12.5. The number of carboxylic acid groups (broad SMARTS) is 1. The third-order valence-corrected chi connectivity index (χ3v) is 4.07. The van der Waals surface area contributed by atoms with Crippen LogP contribution >= 0.6 is 0 Å². The molecule has 1 heterocycles. The van der Waals surface area contributed by atoms with Crippen molar-refractivity contribution < 1.29 is 14.7 Å². The van der Waals surface area contributed by atoms with Crippen LogP contribution < -0.4 is 5.32 Å². The molecule has 1 fully saturated rings. The van der Waals surface area contributed by atoms with E-state index in [4.69, 9.17) is 0 Å². The number of amides is 2. The molecule has 5 nitrogen and oxygen atoms in total. The number of carbonyl (C=O) groups is 2. The molecule has 2 amide bonds. The quantitative estimate of drug-likeness (QED) is 0.879. The van der Waals surface area contributed by atoms with Crippen LogP contribution in [0.2, 0.25) is 0 Å². The maximum Gasteiger partial charge on any atom is 0.329 e. The molecule has 21 heavy (non-hydrogen) atoms. The number of nitrogens with zero attached hydrogens (tertiary/aromatic N) is 1. The third-order valence-electron chi connectivity index (χ3n) is 4.07. The highest BCUT2D eigenvalue weighted by atomic mass is 16.4. The van der Waals surface area contributed by atoms with Crippen LogP contribution in [0.5, 0.6) is 0 Å². The molecule has 0 bridgehead atoms. The summed E-state index contributed by atoms with van der Waals surface area (Å²) in [6.45, 7) is 6.02. The van der Waals surface area contributed by atoms with Gasteiger partial charge in [-0.2, -0.15) is 0 Å². The molecule has 0 spiro atoms. The fourth-order valence-electron chi connectivity index (χ4n) is 2.91. The van der Waals surface area contributed by atoms with E-state index in [2.05, 4.69) is 5.32 Å². The highest BCUT2D eigenvalue weighted by Crippen LogP contribution is 2.29. The highest BCUT2D eigenvalue weighted by Gasteiger charge is 2.43. The van der Waals surface area contributed by atoms with Crippen LogP contribution in [-0.2, 0) is 4.79 Å². The average Bonchev–Trinajstić information content (AvgIpc) is 2.37. The molecule has 1 aromatic carbocycles. The Kier molecular flexibility index (Phi) is 4.21. The molecule has 1 aliphatic heterocycles. The first-order chi connectivity index (χ1) is 9.83. The van der Waals surface area contributed by atoms with Gasteiger partial charge in [-0.05, 0) is 63.3 Å². The van der Waals surface area contributed by atoms with Crippen LogP contribution in [-0.4, -0.2) is 34.1 Å². The minimum Gasteiger partial charge on any atom is -0.480 e. The number of rotatable bonds is 2. The van der Waals surface area contributed by atoms with Crippen LogP contribution in [0.25, 0.3) is 0 Å². The van der Waals surface area contributed by atoms with Gasteiger partial charge in [0.25, 0.3) is 0 Å². The topological polar surface area (TPSA) is 69.6 Å². The van der Waals surface area contributed by atoms with Gasteiger partial charge in [0.05, 0.1) is 0 Å². The lowest BCUT2D eigenvalue weighted by atomic mass is 9.89. The Morgan fingerprint density at radius 2 is 1.81 bits per heavy atom. The Labute approximate surface area is 125 Å². The third kappa shape index (κ3) is 3.17. The van der Waals surface area contributed by atoms with Gasteiger partial charge >= 0.3 is 12.0 Å². The van der Waals surface area contributed by atoms with Crippen molar-refractivity contribution in [2.24, 2.45) is 0 Å². The number of benzene rings is 1. The van der Waals surface area contributed by atoms with E-state index >= 15 is 0 Å². The SMILES string of the molecule is Cc1cc(C)cc(NC(=O)N2CCCCC2(C)C(=O)O)c1. The van der Waals surface area contributed by atoms with Crippen molar-refractivity contribution in [1.29, 1.82) is 0 Å². The Bertz CT molecular complexity index is 550. The number of anilines is 1. The number of piperidine rings is 1. The fraction of sp³-hybridized carbons (Fsp3) is 0.500. The van der Waals surface area contributed by atoms with Gasteiger partial charge in [-0.3, -0.25) is 0 Å². The second kappa shape index (κ2) is 5.76. The smallest absolute Gasteiger partial charge is 0.329 e. The molecule has 1 unspecified atom stereocenters. The lowest BCUT2D eigenvalue weighted by Gasteiger charge is -2.41. The number of hydrogen-bond donors (Lipinski definition) is 2. The summed E-state index contributed by atoms with van der Waals surface area (Å²) in [4.78, 5) is 25.4. The normalized spacial score (nSPS) is 22.0. The van der Waals surface area contributed by atoms with Crippen molar-refractivity contribution in [3.63, 3.8) is 0 Å².